The third-order valence-electron chi connectivity index (χ3n) is 2.49. The van der Waals surface area contributed by atoms with Gasteiger partial charge in [0.25, 0.3) is 0 Å². The number of nitrogens with one attached hydrogen (secondary N) is 1. The molecule has 0 saturated carbocycles. The molecule has 0 unspecified atom stereocenters. The first kappa shape index (κ1) is 17.0. The van der Waals surface area contributed by atoms with Crippen molar-refractivity contribution >= 4 is 21.2 Å². The van der Waals surface area contributed by atoms with Gasteiger partial charge in [-0.25, -0.2) is 4.98 Å². The Hall–Kier alpha value is -1.02. The fourth-order valence-electron chi connectivity index (χ4n) is 1.58. The highest BCUT2D eigenvalue weighted by Crippen LogP contribution is 2.71. The van der Waals surface area contributed by atoms with Crippen molar-refractivity contribution in [1.29, 1.82) is 0 Å². The molecule has 0 radical (unpaired) electrons. The van der Waals surface area contributed by atoms with Gasteiger partial charge in [-0.1, -0.05) is 0 Å². The lowest BCUT2D eigenvalue weighted by molar-refractivity contribution is -0.147. The molecule has 0 spiro atoms. The highest BCUT2D eigenvalue weighted by Gasteiger charge is 2.63. The number of aromatic amines is 1. The molecule has 0 amide bonds. The van der Waals surface area contributed by atoms with Gasteiger partial charge in [0.15, 0.2) is 0 Å². The van der Waals surface area contributed by atoms with Gasteiger partial charge in [-0.3, -0.25) is 13.9 Å². The summed E-state index contributed by atoms with van der Waals surface area (Å²) in [4.78, 5) is 54.3. The fraction of sp³-hybridized carbons (Fsp3) is 0.500. The maximum absolute atomic E-state index is 11.5. The molecule has 1 heterocycles. The Morgan fingerprint density at radius 3 is 2.25 bits per heavy atom. The molecule has 0 bridgehead atoms. The van der Waals surface area contributed by atoms with Gasteiger partial charge in [-0.05, 0) is 6.42 Å². The Labute approximate surface area is 113 Å². The lowest BCUT2D eigenvalue weighted by atomic mass is 10.2. The third-order valence-corrected chi connectivity index (χ3v) is 6.51. The van der Waals surface area contributed by atoms with Crippen molar-refractivity contribution in [2.75, 3.05) is 0 Å². The zero-order valence-corrected chi connectivity index (χ0v) is 12.1. The van der Waals surface area contributed by atoms with Crippen molar-refractivity contribution in [2.24, 2.45) is 0 Å². The molecule has 0 aliphatic carbocycles. The summed E-state index contributed by atoms with van der Waals surface area (Å²) in [6.45, 7) is 0.802. The number of esters is 1. The number of carbonyl (C=O) groups is 1. The molecule has 1 rings (SSSR count). The van der Waals surface area contributed by atoms with Crippen molar-refractivity contribution in [3.63, 3.8) is 0 Å². The Bertz CT molecular complexity index is 537. The van der Waals surface area contributed by atoms with E-state index in [0.29, 0.717) is 5.69 Å². The highest BCUT2D eigenvalue weighted by molar-refractivity contribution is 7.72. The van der Waals surface area contributed by atoms with Crippen molar-refractivity contribution in [1.82, 2.24) is 9.97 Å². The van der Waals surface area contributed by atoms with Crippen LogP contribution in [0.2, 0.25) is 0 Å². The van der Waals surface area contributed by atoms with Gasteiger partial charge in [0.2, 0.25) is 0 Å². The Morgan fingerprint density at radius 2 is 1.90 bits per heavy atom. The Morgan fingerprint density at radius 1 is 1.35 bits per heavy atom. The molecule has 5 N–H and O–H groups in total. The van der Waals surface area contributed by atoms with Crippen LogP contribution in [0.25, 0.3) is 0 Å². The van der Waals surface area contributed by atoms with Gasteiger partial charge < -0.3 is 29.3 Å². The number of rotatable bonds is 6. The molecular weight excluding hydrogens is 314 g/mol. The van der Waals surface area contributed by atoms with E-state index in [1.54, 1.807) is 0 Å². The van der Waals surface area contributed by atoms with Gasteiger partial charge in [0.1, 0.15) is 0 Å². The number of carbonyl (C=O) groups excluding carboxylic acids is 1. The van der Waals surface area contributed by atoms with Gasteiger partial charge in [-0.2, -0.15) is 0 Å². The molecule has 10 nitrogen and oxygen atoms in total. The Balaban J connectivity index is 3.19. The largest absolute Gasteiger partial charge is 0.433 e. The average molecular weight is 328 g/mol. The fourth-order valence-corrected chi connectivity index (χ4v) is 4.24. The molecule has 0 aliphatic heterocycles. The highest BCUT2D eigenvalue weighted by atomic mass is 31.2. The molecule has 1 aromatic rings. The van der Waals surface area contributed by atoms with E-state index < -0.39 is 32.7 Å². The van der Waals surface area contributed by atoms with E-state index in [1.807, 2.05) is 0 Å². The molecule has 20 heavy (non-hydrogen) atoms. The number of aromatic nitrogens is 2. The van der Waals surface area contributed by atoms with Crippen LogP contribution < -0.4 is 0 Å². The first-order valence-electron chi connectivity index (χ1n) is 5.28. The van der Waals surface area contributed by atoms with Crippen LogP contribution in [0.5, 0.6) is 0 Å². The van der Waals surface area contributed by atoms with Crippen molar-refractivity contribution in [3.05, 3.63) is 18.2 Å². The van der Waals surface area contributed by atoms with E-state index in [4.69, 9.17) is 0 Å². The smallest absolute Gasteiger partial charge is 0.381 e. The monoisotopic (exact) mass is 328 g/mol. The van der Waals surface area contributed by atoms with Crippen LogP contribution >= 0.6 is 15.2 Å². The first-order valence-corrected chi connectivity index (χ1v) is 8.50. The zero-order chi connectivity index (χ0) is 15.6. The van der Waals surface area contributed by atoms with E-state index in [0.717, 1.165) is 6.92 Å². The summed E-state index contributed by atoms with van der Waals surface area (Å²) in [7, 11) is -10.9. The molecule has 1 aromatic heterocycles. The van der Waals surface area contributed by atoms with Crippen LogP contribution in [0.15, 0.2) is 12.5 Å². The molecule has 114 valence electrons. The summed E-state index contributed by atoms with van der Waals surface area (Å²) in [5, 5.41) is -3.20. The maximum Gasteiger partial charge on any atom is 0.381 e. The topological polar surface area (TPSA) is 170 Å². The van der Waals surface area contributed by atoms with E-state index in [9.17, 15) is 33.5 Å². The number of H-pyrrole nitrogens is 1. The second kappa shape index (κ2) is 5.77. The minimum Gasteiger partial charge on any atom is -0.433 e. The van der Waals surface area contributed by atoms with Gasteiger partial charge in [0, 0.05) is 25.2 Å². The van der Waals surface area contributed by atoms with Crippen LogP contribution in [0.1, 0.15) is 19.0 Å². The summed E-state index contributed by atoms with van der Waals surface area (Å²) in [5.74, 6) is -1.21. The lowest BCUT2D eigenvalue weighted by Gasteiger charge is -2.33. The van der Waals surface area contributed by atoms with Crippen LogP contribution in [0.4, 0.5) is 0 Å². The lowest BCUT2D eigenvalue weighted by Crippen LogP contribution is -2.35. The molecule has 0 fully saturated rings. The number of hydrogen-bond donors (Lipinski definition) is 5. The minimum absolute atomic E-state index is 0.177. The van der Waals surface area contributed by atoms with Gasteiger partial charge in [0.05, 0.1) is 6.33 Å². The minimum atomic E-state index is -5.44. The normalized spacial score (nSPS) is 13.2. The van der Waals surface area contributed by atoms with Crippen molar-refractivity contribution in [2.45, 2.75) is 24.8 Å². The predicted molar refractivity (Wildman–Crippen MR) is 65.5 cm³/mol. The standard InChI is InChI=1S/C8H14N2O8P2/c1-6(11)18-8(19(12,13)14,20(15,16)17)3-2-7-4-9-5-10-7/h4-5H,2-3H2,1H3,(H,9,10)(H2,12,13,14)(H2,15,16,17). The quantitative estimate of drug-likeness (QED) is 0.354. The summed E-state index contributed by atoms with van der Waals surface area (Å²) in [5.41, 5.74) is 0.378. The van der Waals surface area contributed by atoms with Crippen molar-refractivity contribution < 1.29 is 38.2 Å². The molecule has 0 saturated heterocycles. The maximum atomic E-state index is 11.5. The molecular formula is C8H14N2O8P2. The van der Waals surface area contributed by atoms with Crippen LogP contribution in [-0.4, -0.2) is 40.6 Å². The number of imidazole rings is 1. The summed E-state index contributed by atoms with van der Waals surface area (Å²) >= 11 is 0. The van der Waals surface area contributed by atoms with E-state index in [2.05, 4.69) is 14.7 Å². The second-order valence-electron chi connectivity index (χ2n) is 4.00. The molecule has 0 aliphatic rings. The van der Waals surface area contributed by atoms with E-state index in [1.165, 1.54) is 12.5 Å². The molecule has 12 heteroatoms. The van der Waals surface area contributed by atoms with Crippen LogP contribution in [0, 0.1) is 0 Å². The van der Waals surface area contributed by atoms with Gasteiger partial charge >= 0.3 is 26.2 Å². The van der Waals surface area contributed by atoms with Gasteiger partial charge in [-0.15, -0.1) is 0 Å². The van der Waals surface area contributed by atoms with E-state index >= 15 is 0 Å². The zero-order valence-electron chi connectivity index (χ0n) is 10.3. The second-order valence-corrected chi connectivity index (χ2v) is 7.98. The molecule has 0 aromatic carbocycles. The third kappa shape index (κ3) is 3.54. The average Bonchev–Trinajstić information content (AvgIpc) is 2.72. The summed E-state index contributed by atoms with van der Waals surface area (Å²) < 4.78 is 27.4. The summed E-state index contributed by atoms with van der Waals surface area (Å²) in [6, 6.07) is 0. The predicted octanol–water partition coefficient (Wildman–Crippen LogP) is -0.0854. The summed E-state index contributed by atoms with van der Waals surface area (Å²) in [6.07, 6.45) is 1.67. The van der Waals surface area contributed by atoms with E-state index in [-0.39, 0.29) is 6.42 Å². The number of ether oxygens (including phenoxy) is 1. The van der Waals surface area contributed by atoms with Crippen LogP contribution in [0.3, 0.4) is 0 Å². The van der Waals surface area contributed by atoms with Crippen molar-refractivity contribution in [3.8, 4) is 0 Å². The Kier molecular flexibility index (Phi) is 4.91. The molecule has 0 atom stereocenters. The van der Waals surface area contributed by atoms with Crippen LogP contribution in [-0.2, 0) is 25.1 Å². The number of hydrogen-bond acceptors (Lipinski definition) is 5. The number of aryl methyl sites for hydroxylation is 1. The SMILES string of the molecule is CC(=O)OC(CCc1cnc[nH]1)(P(=O)(O)O)P(=O)(O)O. The number of nitrogens with zero attached hydrogens (tertiary/aromatic N) is 1. The first-order chi connectivity index (χ1) is 8.99.